The summed E-state index contributed by atoms with van der Waals surface area (Å²) in [6.07, 6.45) is 0.955. The molecule has 1 aliphatic rings. The zero-order valence-electron chi connectivity index (χ0n) is 8.19. The average molecular weight is 211 g/mol. The van der Waals surface area contributed by atoms with Crippen molar-refractivity contribution in [3.8, 4) is 0 Å². The van der Waals surface area contributed by atoms with Gasteiger partial charge in [-0.3, -0.25) is 9.78 Å². The van der Waals surface area contributed by atoms with Gasteiger partial charge >= 0.3 is 5.69 Å². The molecule has 15 heavy (non-hydrogen) atoms. The van der Waals surface area contributed by atoms with Gasteiger partial charge in [0.2, 0.25) is 5.82 Å². The third-order valence-electron chi connectivity index (χ3n) is 2.61. The summed E-state index contributed by atoms with van der Waals surface area (Å²) in [6.45, 7) is 2.08. The van der Waals surface area contributed by atoms with Gasteiger partial charge in [-0.1, -0.05) is 0 Å². The van der Waals surface area contributed by atoms with Crippen LogP contribution in [0.4, 0.5) is 5.82 Å². The lowest BCUT2D eigenvalue weighted by Crippen LogP contribution is -2.33. The molecule has 0 saturated carbocycles. The van der Waals surface area contributed by atoms with Gasteiger partial charge in [-0.05, 0) is 18.9 Å². The predicted octanol–water partition coefficient (Wildman–Crippen LogP) is -1.76. The van der Waals surface area contributed by atoms with E-state index in [-0.39, 0.29) is 5.82 Å². The number of aromatic amines is 2. The van der Waals surface area contributed by atoms with Crippen LogP contribution in [0, 0.1) is 5.92 Å². The Balaban J connectivity index is 2.24. The summed E-state index contributed by atoms with van der Waals surface area (Å²) in [5, 5.41) is 5.95. The summed E-state index contributed by atoms with van der Waals surface area (Å²) < 4.78 is 0. The standard InChI is InChI=1S/C8H13N5O2/c9-3-5-1-2-13(4-5)6-7(14)10-8(15)12-11-6/h5H,1-4,9H2,(H2,10,12,14,15). The van der Waals surface area contributed by atoms with E-state index in [2.05, 4.69) is 15.2 Å². The Kier molecular flexibility index (Phi) is 2.55. The maximum Gasteiger partial charge on any atom is 0.342 e. The topological polar surface area (TPSA) is 108 Å². The first kappa shape index (κ1) is 9.91. The Bertz CT molecular complexity index is 451. The van der Waals surface area contributed by atoms with E-state index in [0.29, 0.717) is 12.5 Å². The lowest BCUT2D eigenvalue weighted by atomic mass is 10.1. The molecule has 0 amide bonds. The van der Waals surface area contributed by atoms with Crippen LogP contribution in [0.5, 0.6) is 0 Å². The van der Waals surface area contributed by atoms with Gasteiger partial charge in [0.25, 0.3) is 5.56 Å². The highest BCUT2D eigenvalue weighted by Gasteiger charge is 2.24. The molecule has 7 heteroatoms. The number of nitrogens with one attached hydrogen (secondary N) is 2. The van der Waals surface area contributed by atoms with Crippen molar-refractivity contribution in [3.05, 3.63) is 20.8 Å². The number of nitrogens with two attached hydrogens (primary N) is 1. The molecule has 0 aromatic carbocycles. The second kappa shape index (κ2) is 3.85. The van der Waals surface area contributed by atoms with Crippen molar-refractivity contribution in [1.29, 1.82) is 0 Å². The molecule has 0 bridgehead atoms. The fourth-order valence-corrected chi connectivity index (χ4v) is 1.77. The smallest absolute Gasteiger partial charge is 0.342 e. The minimum atomic E-state index is -0.585. The lowest BCUT2D eigenvalue weighted by molar-refractivity contribution is 0.601. The molecule has 1 atom stereocenters. The number of hydrogen-bond donors (Lipinski definition) is 3. The first-order valence-electron chi connectivity index (χ1n) is 4.84. The summed E-state index contributed by atoms with van der Waals surface area (Å²) in [5.74, 6) is 0.670. The van der Waals surface area contributed by atoms with Crippen molar-refractivity contribution in [2.75, 3.05) is 24.5 Å². The number of aromatic nitrogens is 3. The van der Waals surface area contributed by atoms with E-state index in [0.717, 1.165) is 19.5 Å². The normalized spacial score (nSPS) is 20.9. The van der Waals surface area contributed by atoms with Crippen LogP contribution in [0.2, 0.25) is 0 Å². The molecule has 1 saturated heterocycles. The molecule has 2 heterocycles. The zero-order valence-corrected chi connectivity index (χ0v) is 8.19. The van der Waals surface area contributed by atoms with E-state index < -0.39 is 11.2 Å². The van der Waals surface area contributed by atoms with Crippen LogP contribution in [-0.4, -0.2) is 34.8 Å². The van der Waals surface area contributed by atoms with Gasteiger partial charge in [0, 0.05) is 13.1 Å². The highest BCUT2D eigenvalue weighted by molar-refractivity contribution is 5.35. The minimum absolute atomic E-state index is 0.269. The molecule has 1 unspecified atom stereocenters. The molecule has 1 aromatic heterocycles. The molecular weight excluding hydrogens is 198 g/mol. The highest BCUT2D eigenvalue weighted by atomic mass is 16.2. The second-order valence-corrected chi connectivity index (χ2v) is 3.67. The lowest BCUT2D eigenvalue weighted by Gasteiger charge is -2.14. The van der Waals surface area contributed by atoms with E-state index in [4.69, 9.17) is 5.73 Å². The molecule has 4 N–H and O–H groups in total. The monoisotopic (exact) mass is 211 g/mol. The van der Waals surface area contributed by atoms with Gasteiger partial charge in [-0.25, -0.2) is 9.89 Å². The molecule has 0 aliphatic carbocycles. The Morgan fingerprint density at radius 1 is 1.53 bits per heavy atom. The molecule has 7 nitrogen and oxygen atoms in total. The summed E-state index contributed by atoms with van der Waals surface area (Å²) in [6, 6.07) is 0. The van der Waals surface area contributed by atoms with Crippen LogP contribution in [-0.2, 0) is 0 Å². The van der Waals surface area contributed by atoms with Crippen molar-refractivity contribution in [3.63, 3.8) is 0 Å². The van der Waals surface area contributed by atoms with E-state index in [1.54, 1.807) is 0 Å². The van der Waals surface area contributed by atoms with Crippen LogP contribution < -0.4 is 21.9 Å². The largest absolute Gasteiger partial charge is 0.350 e. The quantitative estimate of drug-likeness (QED) is 0.537. The molecule has 1 aromatic rings. The van der Waals surface area contributed by atoms with Crippen LogP contribution >= 0.6 is 0 Å². The van der Waals surface area contributed by atoms with Crippen molar-refractivity contribution in [1.82, 2.24) is 15.2 Å². The van der Waals surface area contributed by atoms with Gasteiger partial charge in [0.15, 0.2) is 0 Å². The third kappa shape index (κ3) is 1.91. The number of H-pyrrole nitrogens is 2. The molecule has 2 rings (SSSR count). The Hall–Kier alpha value is -1.63. The first-order valence-corrected chi connectivity index (χ1v) is 4.84. The van der Waals surface area contributed by atoms with Crippen LogP contribution in [0.1, 0.15) is 6.42 Å². The van der Waals surface area contributed by atoms with Gasteiger partial charge in [0.05, 0.1) is 0 Å². The first-order chi connectivity index (χ1) is 7.20. The van der Waals surface area contributed by atoms with Crippen LogP contribution in [0.25, 0.3) is 0 Å². The molecule has 1 aliphatic heterocycles. The molecule has 1 fully saturated rings. The fraction of sp³-hybridized carbons (Fsp3) is 0.625. The maximum atomic E-state index is 11.4. The average Bonchev–Trinajstić information content (AvgIpc) is 2.66. The molecular formula is C8H13N5O2. The van der Waals surface area contributed by atoms with Crippen LogP contribution in [0.15, 0.2) is 9.59 Å². The minimum Gasteiger partial charge on any atom is -0.350 e. The third-order valence-corrected chi connectivity index (χ3v) is 2.61. The van der Waals surface area contributed by atoms with E-state index in [1.807, 2.05) is 4.90 Å². The maximum absolute atomic E-state index is 11.4. The summed E-state index contributed by atoms with van der Waals surface area (Å²) in [5.41, 5.74) is 4.51. The van der Waals surface area contributed by atoms with Crippen molar-refractivity contribution in [2.45, 2.75) is 6.42 Å². The summed E-state index contributed by atoms with van der Waals surface area (Å²) in [7, 11) is 0. The van der Waals surface area contributed by atoms with Gasteiger partial charge in [-0.15, -0.1) is 5.10 Å². The fourth-order valence-electron chi connectivity index (χ4n) is 1.77. The highest BCUT2D eigenvalue weighted by Crippen LogP contribution is 2.17. The van der Waals surface area contributed by atoms with Crippen molar-refractivity contribution < 1.29 is 0 Å². The van der Waals surface area contributed by atoms with E-state index in [1.165, 1.54) is 0 Å². The summed E-state index contributed by atoms with van der Waals surface area (Å²) in [4.78, 5) is 26.2. The second-order valence-electron chi connectivity index (χ2n) is 3.67. The molecule has 82 valence electrons. The predicted molar refractivity (Wildman–Crippen MR) is 54.9 cm³/mol. The van der Waals surface area contributed by atoms with Crippen LogP contribution in [0.3, 0.4) is 0 Å². The van der Waals surface area contributed by atoms with Gasteiger partial charge in [-0.2, -0.15) is 0 Å². The molecule has 0 radical (unpaired) electrons. The Labute approximate surface area is 85.3 Å². The SMILES string of the molecule is NCC1CCN(c2n[nH]c(=O)[nH]c2=O)C1. The Morgan fingerprint density at radius 3 is 2.93 bits per heavy atom. The number of anilines is 1. The summed E-state index contributed by atoms with van der Waals surface area (Å²) >= 11 is 0. The van der Waals surface area contributed by atoms with Gasteiger partial charge in [0.1, 0.15) is 0 Å². The van der Waals surface area contributed by atoms with E-state index in [9.17, 15) is 9.59 Å². The van der Waals surface area contributed by atoms with Gasteiger partial charge < -0.3 is 10.6 Å². The van der Waals surface area contributed by atoms with Crippen molar-refractivity contribution >= 4 is 5.82 Å². The number of rotatable bonds is 2. The number of nitrogens with zero attached hydrogens (tertiary/aromatic N) is 2. The molecule has 0 spiro atoms. The zero-order chi connectivity index (χ0) is 10.8. The van der Waals surface area contributed by atoms with Crippen molar-refractivity contribution in [2.24, 2.45) is 11.7 Å². The number of hydrogen-bond acceptors (Lipinski definition) is 5. The Morgan fingerprint density at radius 2 is 2.33 bits per heavy atom. The van der Waals surface area contributed by atoms with E-state index >= 15 is 0 Å².